The van der Waals surface area contributed by atoms with E-state index >= 15 is 0 Å². The van der Waals surface area contributed by atoms with Crippen LogP contribution in [0.15, 0.2) is 24.3 Å². The SMILES string of the molecule is CC(=O)[C@H](O[Si](C)(C)C(C)(C)C)[C@@H](O)c1ccc(C#N)cc1. The van der Waals surface area contributed by atoms with Gasteiger partial charge < -0.3 is 9.53 Å². The predicted octanol–water partition coefficient (Wildman–Crippen LogP) is 3.57. The van der Waals surface area contributed by atoms with Crippen molar-refractivity contribution >= 4 is 14.1 Å². The van der Waals surface area contributed by atoms with Gasteiger partial charge in [-0.1, -0.05) is 32.9 Å². The van der Waals surface area contributed by atoms with Crippen molar-refractivity contribution in [2.24, 2.45) is 0 Å². The number of Topliss-reactive ketones (excluding diaryl/α,β-unsaturated/α-hetero) is 1. The van der Waals surface area contributed by atoms with E-state index in [0.29, 0.717) is 11.1 Å². The van der Waals surface area contributed by atoms with E-state index in [9.17, 15) is 9.90 Å². The molecule has 0 radical (unpaired) electrons. The summed E-state index contributed by atoms with van der Waals surface area (Å²) in [5, 5.41) is 19.3. The second-order valence-corrected chi connectivity index (χ2v) is 11.8. The molecule has 0 bridgehead atoms. The molecule has 22 heavy (non-hydrogen) atoms. The first-order chi connectivity index (χ1) is 9.99. The molecule has 4 nitrogen and oxygen atoms in total. The third-order valence-corrected chi connectivity index (χ3v) is 8.75. The summed E-state index contributed by atoms with van der Waals surface area (Å²) in [6, 6.07) is 8.61. The number of carbonyl (C=O) groups excluding carboxylic acids is 1. The predicted molar refractivity (Wildman–Crippen MR) is 88.9 cm³/mol. The van der Waals surface area contributed by atoms with Crippen molar-refractivity contribution < 1.29 is 14.3 Å². The van der Waals surface area contributed by atoms with Crippen LogP contribution in [-0.4, -0.2) is 25.3 Å². The summed E-state index contributed by atoms with van der Waals surface area (Å²) in [7, 11) is -2.18. The normalized spacial score (nSPS) is 15.0. The lowest BCUT2D eigenvalue weighted by molar-refractivity contribution is -0.129. The van der Waals surface area contributed by atoms with Crippen LogP contribution in [0.4, 0.5) is 0 Å². The molecule has 5 heteroatoms. The van der Waals surface area contributed by atoms with Gasteiger partial charge in [0.2, 0.25) is 0 Å². The Bertz CT molecular complexity index is 567. The summed E-state index contributed by atoms with van der Waals surface area (Å²) in [5.74, 6) is -0.193. The molecular weight excluding hydrogens is 294 g/mol. The molecule has 120 valence electrons. The van der Waals surface area contributed by atoms with Gasteiger partial charge in [-0.25, -0.2) is 0 Å². The molecule has 0 fully saturated rings. The topological polar surface area (TPSA) is 70.3 Å². The van der Waals surface area contributed by atoms with Gasteiger partial charge in [-0.3, -0.25) is 4.79 Å². The molecule has 1 rings (SSSR count). The molecule has 0 aliphatic heterocycles. The molecule has 0 aliphatic carbocycles. The van der Waals surface area contributed by atoms with Gasteiger partial charge in [0.05, 0.1) is 11.6 Å². The van der Waals surface area contributed by atoms with E-state index in [1.165, 1.54) is 6.92 Å². The van der Waals surface area contributed by atoms with Crippen LogP contribution in [0.2, 0.25) is 18.1 Å². The zero-order valence-corrected chi connectivity index (χ0v) is 15.2. The zero-order valence-electron chi connectivity index (χ0n) is 14.2. The van der Waals surface area contributed by atoms with Gasteiger partial charge in [0.25, 0.3) is 0 Å². The lowest BCUT2D eigenvalue weighted by atomic mass is 10.0. The fourth-order valence-corrected chi connectivity index (χ4v) is 3.08. The first-order valence-corrected chi connectivity index (χ1v) is 10.3. The lowest BCUT2D eigenvalue weighted by Gasteiger charge is -2.39. The molecule has 0 aliphatic rings. The largest absolute Gasteiger partial charge is 0.404 e. The molecule has 1 aromatic carbocycles. The molecule has 0 spiro atoms. The third-order valence-electron chi connectivity index (χ3n) is 4.30. The van der Waals surface area contributed by atoms with Gasteiger partial charge in [-0.15, -0.1) is 0 Å². The Morgan fingerprint density at radius 3 is 2.14 bits per heavy atom. The van der Waals surface area contributed by atoms with Crippen LogP contribution < -0.4 is 0 Å². The number of ketones is 1. The Balaban J connectivity index is 3.05. The average molecular weight is 319 g/mol. The number of nitrogens with zero attached hydrogens (tertiary/aromatic N) is 1. The van der Waals surface area contributed by atoms with Crippen LogP contribution in [0.5, 0.6) is 0 Å². The molecule has 2 atom stereocenters. The molecule has 0 saturated heterocycles. The van der Waals surface area contributed by atoms with Crippen LogP contribution >= 0.6 is 0 Å². The quantitative estimate of drug-likeness (QED) is 0.842. The molecule has 0 amide bonds. The Morgan fingerprint density at radius 2 is 1.77 bits per heavy atom. The number of aliphatic hydroxyl groups excluding tert-OH is 1. The fraction of sp³-hybridized carbons (Fsp3) is 0.529. The van der Waals surface area contributed by atoms with Crippen LogP contribution in [0.3, 0.4) is 0 Å². The molecule has 0 saturated carbocycles. The van der Waals surface area contributed by atoms with E-state index in [4.69, 9.17) is 9.69 Å². The van der Waals surface area contributed by atoms with Crippen molar-refractivity contribution in [2.45, 2.75) is 58.0 Å². The smallest absolute Gasteiger partial charge is 0.193 e. The highest BCUT2D eigenvalue weighted by atomic mass is 28.4. The first kappa shape index (κ1) is 18.6. The van der Waals surface area contributed by atoms with E-state index < -0.39 is 20.5 Å². The Hall–Kier alpha value is -1.48. The van der Waals surface area contributed by atoms with Crippen molar-refractivity contribution in [3.63, 3.8) is 0 Å². The Kier molecular flexibility index (Phi) is 5.69. The van der Waals surface area contributed by atoms with Crippen molar-refractivity contribution in [3.8, 4) is 6.07 Å². The fourth-order valence-electron chi connectivity index (χ4n) is 1.79. The van der Waals surface area contributed by atoms with Gasteiger partial charge in [0.1, 0.15) is 12.2 Å². The highest BCUT2D eigenvalue weighted by molar-refractivity contribution is 6.74. The number of nitriles is 1. The number of aliphatic hydroxyl groups is 1. The monoisotopic (exact) mass is 319 g/mol. The highest BCUT2D eigenvalue weighted by Crippen LogP contribution is 2.38. The molecule has 0 unspecified atom stereocenters. The van der Waals surface area contributed by atoms with Crippen molar-refractivity contribution in [3.05, 3.63) is 35.4 Å². The van der Waals surface area contributed by atoms with Crippen LogP contribution in [-0.2, 0) is 9.22 Å². The summed E-state index contributed by atoms with van der Waals surface area (Å²) in [4.78, 5) is 12.0. The Labute approximate surface area is 133 Å². The molecule has 0 aromatic heterocycles. The van der Waals surface area contributed by atoms with Crippen molar-refractivity contribution in [1.29, 1.82) is 5.26 Å². The summed E-state index contributed by atoms with van der Waals surface area (Å²) in [6.07, 6.45) is -1.91. The van der Waals surface area contributed by atoms with Crippen LogP contribution in [0.25, 0.3) is 0 Å². The van der Waals surface area contributed by atoms with E-state index in [1.807, 2.05) is 6.07 Å². The minimum absolute atomic E-state index is 0.0505. The van der Waals surface area contributed by atoms with Crippen molar-refractivity contribution in [1.82, 2.24) is 0 Å². The maximum Gasteiger partial charge on any atom is 0.193 e. The molecule has 1 aromatic rings. The number of carbonyl (C=O) groups is 1. The minimum Gasteiger partial charge on any atom is -0.404 e. The summed E-state index contributed by atoms with van der Waals surface area (Å²) in [6.45, 7) is 11.8. The summed E-state index contributed by atoms with van der Waals surface area (Å²) < 4.78 is 6.11. The second-order valence-electron chi connectivity index (χ2n) is 7.09. The van der Waals surface area contributed by atoms with Crippen LogP contribution in [0.1, 0.15) is 44.9 Å². The Morgan fingerprint density at radius 1 is 1.27 bits per heavy atom. The highest BCUT2D eigenvalue weighted by Gasteiger charge is 2.42. The standard InChI is InChI=1S/C17H25NO3Si/c1-12(19)16(21-22(5,6)17(2,3)4)15(20)14-9-7-13(11-18)8-10-14/h7-10,15-16,20H,1-6H3/t15-,16-/m0/s1. The molecular formula is C17H25NO3Si. The average Bonchev–Trinajstić information content (AvgIpc) is 2.42. The molecule has 1 N–H and O–H groups in total. The minimum atomic E-state index is -2.18. The van der Waals surface area contributed by atoms with Crippen LogP contribution in [0, 0.1) is 11.3 Å². The van der Waals surface area contributed by atoms with Gasteiger partial charge in [0.15, 0.2) is 14.1 Å². The lowest BCUT2D eigenvalue weighted by Crippen LogP contribution is -2.47. The van der Waals surface area contributed by atoms with E-state index in [-0.39, 0.29) is 10.8 Å². The van der Waals surface area contributed by atoms with E-state index in [2.05, 4.69) is 33.9 Å². The van der Waals surface area contributed by atoms with E-state index in [1.54, 1.807) is 24.3 Å². The summed E-state index contributed by atoms with van der Waals surface area (Å²) in [5.41, 5.74) is 1.10. The number of hydrogen-bond donors (Lipinski definition) is 1. The number of benzene rings is 1. The zero-order chi connectivity index (χ0) is 17.1. The van der Waals surface area contributed by atoms with Gasteiger partial charge in [-0.2, -0.15) is 5.26 Å². The molecule has 0 heterocycles. The van der Waals surface area contributed by atoms with Crippen molar-refractivity contribution in [2.75, 3.05) is 0 Å². The second kappa shape index (κ2) is 6.74. The van der Waals surface area contributed by atoms with Gasteiger partial charge in [0, 0.05) is 0 Å². The maximum absolute atomic E-state index is 12.0. The number of rotatable bonds is 5. The van der Waals surface area contributed by atoms with Gasteiger partial charge in [-0.05, 0) is 42.8 Å². The third kappa shape index (κ3) is 4.26. The summed E-state index contributed by atoms with van der Waals surface area (Å²) >= 11 is 0. The maximum atomic E-state index is 12.0. The number of hydrogen-bond acceptors (Lipinski definition) is 4. The van der Waals surface area contributed by atoms with Gasteiger partial charge >= 0.3 is 0 Å². The first-order valence-electron chi connectivity index (χ1n) is 7.36. The van der Waals surface area contributed by atoms with E-state index in [0.717, 1.165) is 0 Å².